The molecule has 4 nitrogen and oxygen atoms in total. The molecule has 3 aromatic carbocycles. The van der Waals surface area contributed by atoms with Gasteiger partial charge in [-0.2, -0.15) is 5.26 Å². The highest BCUT2D eigenvalue weighted by atomic mass is 35.5. The lowest BCUT2D eigenvalue weighted by molar-refractivity contribution is 0.0977. The maximum Gasteiger partial charge on any atom is 0.258 e. The van der Waals surface area contributed by atoms with Crippen molar-refractivity contribution < 1.29 is 4.79 Å². The van der Waals surface area contributed by atoms with Gasteiger partial charge in [-0.05, 0) is 47.1 Å². The first-order valence-corrected chi connectivity index (χ1v) is 9.29. The van der Waals surface area contributed by atoms with Gasteiger partial charge >= 0.3 is 0 Å². The molecule has 6 heteroatoms. The number of amides is 1. The van der Waals surface area contributed by atoms with Crippen LogP contribution in [-0.4, -0.2) is 11.0 Å². The fourth-order valence-corrected chi connectivity index (χ4v) is 3.06. The fourth-order valence-electron chi connectivity index (χ4n) is 2.68. The van der Waals surface area contributed by atoms with Gasteiger partial charge < -0.3 is 5.32 Å². The van der Waals surface area contributed by atoms with Crippen LogP contribution in [0.2, 0.25) is 5.02 Å². The summed E-state index contributed by atoms with van der Waals surface area (Å²) >= 11 is 11.2. The van der Waals surface area contributed by atoms with Gasteiger partial charge in [-0.1, -0.05) is 66.2 Å². The van der Waals surface area contributed by atoms with E-state index in [-0.39, 0.29) is 11.0 Å². The van der Waals surface area contributed by atoms with Crippen molar-refractivity contribution in [2.24, 2.45) is 0 Å². The van der Waals surface area contributed by atoms with E-state index in [1.54, 1.807) is 30.3 Å². The number of carbonyl (C=O) groups excluding carboxylic acids is 1. The summed E-state index contributed by atoms with van der Waals surface area (Å²) in [4.78, 5) is 12.2. The first kappa shape index (κ1) is 19.6. The molecule has 0 aromatic heterocycles. The highest BCUT2D eigenvalue weighted by Gasteiger charge is 2.11. The van der Waals surface area contributed by atoms with Crippen LogP contribution in [-0.2, 0) is 6.54 Å². The predicted octanol–water partition coefficient (Wildman–Crippen LogP) is 4.68. The minimum atomic E-state index is -0.355. The summed E-state index contributed by atoms with van der Waals surface area (Å²) in [5.41, 5.74) is 3.86. The Morgan fingerprint density at radius 3 is 2.39 bits per heavy atom. The normalized spacial score (nSPS) is 10.0. The van der Waals surface area contributed by atoms with E-state index in [4.69, 9.17) is 23.8 Å². The molecule has 0 saturated heterocycles. The second-order valence-corrected chi connectivity index (χ2v) is 6.79. The highest BCUT2D eigenvalue weighted by molar-refractivity contribution is 7.80. The van der Waals surface area contributed by atoms with Crippen LogP contribution in [0.25, 0.3) is 11.1 Å². The summed E-state index contributed by atoms with van der Waals surface area (Å²) in [5, 5.41) is 15.5. The number of nitrogens with zero attached hydrogens (tertiary/aromatic N) is 1. The van der Waals surface area contributed by atoms with Crippen LogP contribution in [0.15, 0.2) is 72.8 Å². The van der Waals surface area contributed by atoms with Crippen LogP contribution < -0.4 is 10.6 Å². The van der Waals surface area contributed by atoms with Gasteiger partial charge in [0, 0.05) is 6.54 Å². The third-order valence-corrected chi connectivity index (χ3v) is 4.69. The van der Waals surface area contributed by atoms with Crippen molar-refractivity contribution in [1.29, 1.82) is 5.26 Å². The molecule has 28 heavy (non-hydrogen) atoms. The number of nitriles is 1. The van der Waals surface area contributed by atoms with Gasteiger partial charge in [0.1, 0.15) is 0 Å². The standard InChI is InChI=1S/C22H16ClN3OS/c23-20-8-4-3-7-19(20)21(27)26-22(28)25-14-15-9-11-16(12-10-15)18-6-2-1-5-17(18)13-24/h1-12H,14H2,(H2,25,26,27,28). The van der Waals surface area contributed by atoms with Gasteiger partial charge in [-0.25, -0.2) is 0 Å². The Balaban J connectivity index is 1.59. The molecule has 0 bridgehead atoms. The summed E-state index contributed by atoms with van der Waals surface area (Å²) in [5.74, 6) is -0.355. The van der Waals surface area contributed by atoms with E-state index in [2.05, 4.69) is 16.7 Å². The first-order valence-electron chi connectivity index (χ1n) is 8.50. The molecule has 0 aliphatic carbocycles. The predicted molar refractivity (Wildman–Crippen MR) is 115 cm³/mol. The van der Waals surface area contributed by atoms with E-state index in [1.807, 2.05) is 42.5 Å². The molecule has 3 rings (SSSR count). The number of benzene rings is 3. The number of carbonyl (C=O) groups is 1. The molecular formula is C22H16ClN3OS. The maximum absolute atomic E-state index is 12.2. The Hall–Kier alpha value is -3.20. The molecule has 0 radical (unpaired) electrons. The summed E-state index contributed by atoms with van der Waals surface area (Å²) in [6.45, 7) is 0.460. The lowest BCUT2D eigenvalue weighted by atomic mass is 9.99. The average molecular weight is 406 g/mol. The number of hydrogen-bond donors (Lipinski definition) is 2. The minimum absolute atomic E-state index is 0.226. The lowest BCUT2D eigenvalue weighted by Crippen LogP contribution is -2.38. The van der Waals surface area contributed by atoms with Gasteiger partial charge in [0.25, 0.3) is 5.91 Å². The van der Waals surface area contributed by atoms with Gasteiger partial charge in [0.15, 0.2) is 5.11 Å². The number of nitrogens with one attached hydrogen (secondary N) is 2. The maximum atomic E-state index is 12.2. The van der Waals surface area contributed by atoms with Gasteiger partial charge in [0.2, 0.25) is 0 Å². The number of thiocarbonyl (C=S) groups is 1. The Morgan fingerprint density at radius 1 is 1.00 bits per heavy atom. The number of hydrogen-bond acceptors (Lipinski definition) is 3. The summed E-state index contributed by atoms with van der Waals surface area (Å²) in [6.07, 6.45) is 0. The first-order chi connectivity index (χ1) is 13.6. The molecule has 0 unspecified atom stereocenters. The van der Waals surface area contributed by atoms with Crippen LogP contribution in [0.1, 0.15) is 21.5 Å². The van der Waals surface area contributed by atoms with E-state index in [1.165, 1.54) is 0 Å². The third-order valence-electron chi connectivity index (χ3n) is 4.11. The Morgan fingerprint density at radius 2 is 1.68 bits per heavy atom. The third kappa shape index (κ3) is 4.74. The minimum Gasteiger partial charge on any atom is -0.358 e. The second kappa shape index (κ2) is 9.14. The zero-order valence-corrected chi connectivity index (χ0v) is 16.3. The van der Waals surface area contributed by atoms with Crippen molar-refractivity contribution in [3.63, 3.8) is 0 Å². The topological polar surface area (TPSA) is 64.9 Å². The molecule has 3 aromatic rings. The molecule has 138 valence electrons. The molecule has 0 atom stereocenters. The van der Waals surface area contributed by atoms with Crippen molar-refractivity contribution >= 4 is 34.8 Å². The molecular weight excluding hydrogens is 390 g/mol. The van der Waals surface area contributed by atoms with Crippen molar-refractivity contribution in [2.45, 2.75) is 6.54 Å². The molecule has 0 heterocycles. The van der Waals surface area contributed by atoms with Gasteiger partial charge in [-0.3, -0.25) is 10.1 Å². The molecule has 2 N–H and O–H groups in total. The smallest absolute Gasteiger partial charge is 0.258 e. The molecule has 0 fully saturated rings. The van der Waals surface area contributed by atoms with Gasteiger partial charge in [0.05, 0.1) is 22.2 Å². The Labute approximate surface area is 173 Å². The zero-order chi connectivity index (χ0) is 19.9. The molecule has 0 aliphatic rings. The molecule has 0 spiro atoms. The second-order valence-electron chi connectivity index (χ2n) is 5.97. The van der Waals surface area contributed by atoms with Crippen LogP contribution >= 0.6 is 23.8 Å². The van der Waals surface area contributed by atoms with E-state index >= 15 is 0 Å². The molecule has 1 amide bonds. The van der Waals surface area contributed by atoms with E-state index in [9.17, 15) is 10.1 Å². The van der Waals surface area contributed by atoms with E-state index < -0.39 is 0 Å². The largest absolute Gasteiger partial charge is 0.358 e. The van der Waals surface area contributed by atoms with Crippen molar-refractivity contribution in [1.82, 2.24) is 10.6 Å². The van der Waals surface area contributed by atoms with E-state index in [0.717, 1.165) is 16.7 Å². The Bertz CT molecular complexity index is 1060. The summed E-state index contributed by atoms with van der Waals surface area (Å²) in [6, 6.07) is 24.3. The van der Waals surface area contributed by atoms with Gasteiger partial charge in [-0.15, -0.1) is 0 Å². The van der Waals surface area contributed by atoms with Crippen molar-refractivity contribution in [3.05, 3.63) is 94.5 Å². The summed E-state index contributed by atoms with van der Waals surface area (Å²) in [7, 11) is 0. The number of rotatable bonds is 4. The van der Waals surface area contributed by atoms with Crippen LogP contribution in [0.5, 0.6) is 0 Å². The SMILES string of the molecule is N#Cc1ccccc1-c1ccc(CNC(=S)NC(=O)c2ccccc2Cl)cc1. The van der Waals surface area contributed by atoms with Crippen LogP contribution in [0.3, 0.4) is 0 Å². The monoisotopic (exact) mass is 405 g/mol. The quantitative estimate of drug-likeness (QED) is 0.618. The van der Waals surface area contributed by atoms with Crippen LogP contribution in [0, 0.1) is 11.3 Å². The van der Waals surface area contributed by atoms with Crippen LogP contribution in [0.4, 0.5) is 0 Å². The Kier molecular flexibility index (Phi) is 6.38. The number of halogens is 1. The summed E-state index contributed by atoms with van der Waals surface area (Å²) < 4.78 is 0. The fraction of sp³-hybridized carbons (Fsp3) is 0.0455. The van der Waals surface area contributed by atoms with E-state index in [0.29, 0.717) is 22.7 Å². The lowest BCUT2D eigenvalue weighted by Gasteiger charge is -2.11. The molecule has 0 aliphatic heterocycles. The zero-order valence-electron chi connectivity index (χ0n) is 14.8. The average Bonchev–Trinajstić information content (AvgIpc) is 2.73. The van der Waals surface area contributed by atoms with Crippen molar-refractivity contribution in [3.8, 4) is 17.2 Å². The molecule has 0 saturated carbocycles. The highest BCUT2D eigenvalue weighted by Crippen LogP contribution is 2.23. The van der Waals surface area contributed by atoms with Crippen molar-refractivity contribution in [2.75, 3.05) is 0 Å².